The first-order valence-corrected chi connectivity index (χ1v) is 7.53. The quantitative estimate of drug-likeness (QED) is 0.800. The van der Waals surface area contributed by atoms with Gasteiger partial charge in [-0.1, -0.05) is 15.9 Å². The molecule has 23 heavy (non-hydrogen) atoms. The van der Waals surface area contributed by atoms with Crippen molar-refractivity contribution in [3.05, 3.63) is 46.7 Å². The van der Waals surface area contributed by atoms with Crippen LogP contribution < -0.4 is 20.1 Å². The van der Waals surface area contributed by atoms with E-state index in [2.05, 4.69) is 26.6 Å². The molecule has 0 aliphatic heterocycles. The minimum absolute atomic E-state index is 0.0844. The van der Waals surface area contributed by atoms with Gasteiger partial charge in [-0.15, -0.1) is 0 Å². The molecule has 0 unspecified atom stereocenters. The first-order chi connectivity index (χ1) is 11.0. The van der Waals surface area contributed by atoms with Crippen molar-refractivity contribution in [2.24, 2.45) is 0 Å². The largest absolute Gasteiger partial charge is 0.497 e. The molecule has 0 aliphatic carbocycles. The molecule has 0 saturated heterocycles. The Hall–Kier alpha value is -2.28. The average Bonchev–Trinajstić information content (AvgIpc) is 2.54. The molecule has 7 heteroatoms. The average molecular weight is 383 g/mol. The fourth-order valence-corrected chi connectivity index (χ4v) is 2.25. The molecule has 2 aromatic rings. The van der Waals surface area contributed by atoms with Crippen LogP contribution in [0, 0.1) is 5.82 Å². The Morgan fingerprint density at radius 3 is 2.57 bits per heavy atom. The number of anilines is 2. The summed E-state index contributed by atoms with van der Waals surface area (Å²) in [6.07, 6.45) is 0. The van der Waals surface area contributed by atoms with Crippen molar-refractivity contribution < 1.29 is 18.7 Å². The zero-order chi connectivity index (χ0) is 16.8. The van der Waals surface area contributed by atoms with Crippen LogP contribution in [0.5, 0.6) is 11.5 Å². The highest BCUT2D eigenvalue weighted by Crippen LogP contribution is 2.28. The molecule has 0 saturated carbocycles. The molecule has 0 radical (unpaired) electrons. The number of ether oxygens (including phenoxy) is 2. The second kappa shape index (κ2) is 7.82. The zero-order valence-corrected chi connectivity index (χ0v) is 14.2. The fraction of sp³-hybridized carbons (Fsp3) is 0.188. The molecule has 2 N–H and O–H groups in total. The number of hydrogen-bond donors (Lipinski definition) is 2. The van der Waals surface area contributed by atoms with E-state index in [0.717, 1.165) is 0 Å². The van der Waals surface area contributed by atoms with Gasteiger partial charge in [0.1, 0.15) is 17.3 Å². The van der Waals surface area contributed by atoms with Gasteiger partial charge in [-0.3, -0.25) is 4.79 Å². The molecule has 2 rings (SSSR count). The number of benzene rings is 2. The van der Waals surface area contributed by atoms with Gasteiger partial charge < -0.3 is 20.1 Å². The Labute approximate surface area is 141 Å². The Morgan fingerprint density at radius 1 is 1.13 bits per heavy atom. The molecular formula is C16H16BrFN2O3. The van der Waals surface area contributed by atoms with Gasteiger partial charge in [0.05, 0.1) is 32.1 Å². The highest BCUT2D eigenvalue weighted by Gasteiger charge is 2.10. The molecule has 5 nitrogen and oxygen atoms in total. The number of methoxy groups -OCH3 is 2. The second-order valence-electron chi connectivity index (χ2n) is 4.59. The van der Waals surface area contributed by atoms with E-state index < -0.39 is 5.82 Å². The summed E-state index contributed by atoms with van der Waals surface area (Å²) in [6.45, 7) is -0.0844. The molecule has 1 amide bonds. The topological polar surface area (TPSA) is 59.6 Å². The maximum Gasteiger partial charge on any atom is 0.243 e. The summed E-state index contributed by atoms with van der Waals surface area (Å²) < 4.78 is 24.6. The Morgan fingerprint density at radius 2 is 1.91 bits per heavy atom. The molecule has 0 aromatic heterocycles. The van der Waals surface area contributed by atoms with Gasteiger partial charge in [0.25, 0.3) is 0 Å². The van der Waals surface area contributed by atoms with Crippen molar-refractivity contribution >= 4 is 33.2 Å². The van der Waals surface area contributed by atoms with Crippen molar-refractivity contribution in [1.29, 1.82) is 0 Å². The minimum atomic E-state index is -0.439. The smallest absolute Gasteiger partial charge is 0.243 e. The van der Waals surface area contributed by atoms with Crippen LogP contribution >= 0.6 is 15.9 Å². The van der Waals surface area contributed by atoms with E-state index in [-0.39, 0.29) is 18.1 Å². The van der Waals surface area contributed by atoms with Gasteiger partial charge in [0.2, 0.25) is 5.91 Å². The number of amides is 1. The molecule has 0 atom stereocenters. The summed E-state index contributed by atoms with van der Waals surface area (Å²) >= 11 is 3.18. The molecule has 0 heterocycles. The Bertz CT molecular complexity index is 710. The van der Waals surface area contributed by atoms with Crippen molar-refractivity contribution in [2.45, 2.75) is 0 Å². The minimum Gasteiger partial charge on any atom is -0.497 e. The lowest BCUT2D eigenvalue weighted by Gasteiger charge is -2.12. The molecule has 0 fully saturated rings. The summed E-state index contributed by atoms with van der Waals surface area (Å²) in [5.74, 6) is 0.326. The van der Waals surface area contributed by atoms with Crippen molar-refractivity contribution in [2.75, 3.05) is 31.4 Å². The molecule has 0 aliphatic rings. The Kier molecular flexibility index (Phi) is 5.81. The summed E-state index contributed by atoms with van der Waals surface area (Å²) in [7, 11) is 3.04. The zero-order valence-electron chi connectivity index (χ0n) is 12.7. The van der Waals surface area contributed by atoms with Crippen molar-refractivity contribution in [3.63, 3.8) is 0 Å². The third-order valence-corrected chi connectivity index (χ3v) is 3.54. The lowest BCUT2D eigenvalue weighted by molar-refractivity contribution is -0.114. The first-order valence-electron chi connectivity index (χ1n) is 6.74. The number of halogens is 2. The molecule has 122 valence electrons. The first kappa shape index (κ1) is 17.1. The molecular weight excluding hydrogens is 367 g/mol. The second-order valence-corrected chi connectivity index (χ2v) is 5.51. The Balaban J connectivity index is 2.02. The molecule has 0 bridgehead atoms. The number of nitrogens with one attached hydrogen (secondary N) is 2. The van der Waals surface area contributed by atoms with Gasteiger partial charge >= 0.3 is 0 Å². The summed E-state index contributed by atoms with van der Waals surface area (Å²) in [4.78, 5) is 12.0. The van der Waals surface area contributed by atoms with Gasteiger partial charge in [-0.25, -0.2) is 4.39 Å². The van der Waals surface area contributed by atoms with Gasteiger partial charge in [-0.05, 0) is 30.3 Å². The van der Waals surface area contributed by atoms with Gasteiger partial charge in [-0.2, -0.15) is 0 Å². The lowest BCUT2D eigenvalue weighted by atomic mass is 10.2. The third kappa shape index (κ3) is 4.59. The molecule has 0 spiro atoms. The van der Waals surface area contributed by atoms with E-state index in [9.17, 15) is 9.18 Å². The number of hydrogen-bond acceptors (Lipinski definition) is 4. The van der Waals surface area contributed by atoms with E-state index in [1.807, 2.05) is 0 Å². The fourth-order valence-electron chi connectivity index (χ4n) is 1.91. The van der Waals surface area contributed by atoms with E-state index in [1.165, 1.54) is 20.3 Å². The number of carbonyl (C=O) groups excluding carboxylic acids is 1. The maximum atomic E-state index is 13.7. The predicted octanol–water partition coefficient (Wildman–Crippen LogP) is 3.66. The van der Waals surface area contributed by atoms with E-state index >= 15 is 0 Å². The summed E-state index contributed by atoms with van der Waals surface area (Å²) in [5.41, 5.74) is 0.732. The predicted molar refractivity (Wildman–Crippen MR) is 90.8 cm³/mol. The normalized spacial score (nSPS) is 10.1. The van der Waals surface area contributed by atoms with Crippen molar-refractivity contribution in [3.8, 4) is 11.5 Å². The maximum absolute atomic E-state index is 13.7. The van der Waals surface area contributed by atoms with Crippen LogP contribution in [-0.2, 0) is 4.79 Å². The van der Waals surface area contributed by atoms with Crippen LogP contribution in [0.1, 0.15) is 0 Å². The van der Waals surface area contributed by atoms with Crippen LogP contribution in [0.25, 0.3) is 0 Å². The van der Waals surface area contributed by atoms with Crippen molar-refractivity contribution in [1.82, 2.24) is 0 Å². The third-order valence-electron chi connectivity index (χ3n) is 3.05. The summed E-state index contributed by atoms with van der Waals surface area (Å²) in [6, 6.07) is 9.63. The van der Waals surface area contributed by atoms with Gasteiger partial charge in [0, 0.05) is 10.5 Å². The standard InChI is InChI=1S/C16H16BrFN2O3/c1-22-11-4-6-15(23-2)14(8-11)20-16(21)9-19-13-5-3-10(17)7-12(13)18/h3-8,19H,9H2,1-2H3,(H,20,21). The number of carbonyl (C=O) groups is 1. The highest BCUT2D eigenvalue weighted by atomic mass is 79.9. The number of rotatable bonds is 6. The van der Waals surface area contributed by atoms with E-state index in [0.29, 0.717) is 21.7 Å². The van der Waals surface area contributed by atoms with E-state index in [1.54, 1.807) is 30.3 Å². The van der Waals surface area contributed by atoms with Crippen LogP contribution in [-0.4, -0.2) is 26.7 Å². The highest BCUT2D eigenvalue weighted by molar-refractivity contribution is 9.10. The van der Waals surface area contributed by atoms with Crippen LogP contribution in [0.15, 0.2) is 40.9 Å². The SMILES string of the molecule is COc1ccc(OC)c(NC(=O)CNc2ccc(Br)cc2F)c1. The monoisotopic (exact) mass is 382 g/mol. The molecule has 2 aromatic carbocycles. The summed E-state index contributed by atoms with van der Waals surface area (Å²) in [5, 5.41) is 5.45. The van der Waals surface area contributed by atoms with E-state index in [4.69, 9.17) is 9.47 Å². The van der Waals surface area contributed by atoms with Crippen LogP contribution in [0.2, 0.25) is 0 Å². The van der Waals surface area contributed by atoms with Crippen LogP contribution in [0.4, 0.5) is 15.8 Å². The van der Waals surface area contributed by atoms with Gasteiger partial charge in [0.15, 0.2) is 0 Å². The lowest BCUT2D eigenvalue weighted by Crippen LogP contribution is -2.22. The van der Waals surface area contributed by atoms with Crippen LogP contribution in [0.3, 0.4) is 0 Å².